The number of methoxy groups -OCH3 is 1. The summed E-state index contributed by atoms with van der Waals surface area (Å²) in [7, 11) is -2.53. The predicted octanol–water partition coefficient (Wildman–Crippen LogP) is 3.59. The predicted molar refractivity (Wildman–Crippen MR) is 121 cm³/mol. The molecule has 0 aliphatic carbocycles. The van der Waals surface area contributed by atoms with Crippen molar-refractivity contribution in [2.24, 2.45) is 0 Å². The van der Waals surface area contributed by atoms with Gasteiger partial charge in [0.25, 0.3) is 0 Å². The molecule has 2 aromatic heterocycles. The molecule has 0 unspecified atom stereocenters. The number of ether oxygens (including phenoxy) is 1. The van der Waals surface area contributed by atoms with Crippen LogP contribution >= 0.6 is 0 Å². The zero-order valence-electron chi connectivity index (χ0n) is 18.1. The van der Waals surface area contributed by atoms with Gasteiger partial charge in [-0.1, -0.05) is 12.1 Å². The summed E-state index contributed by atoms with van der Waals surface area (Å²) in [5.41, 5.74) is 1.59. The van der Waals surface area contributed by atoms with Crippen molar-refractivity contribution in [2.75, 3.05) is 7.11 Å². The molecular formula is C24H21N3O5S. The average molecular weight is 464 g/mol. The fraction of sp³-hybridized carbons (Fsp3) is 0.167. The van der Waals surface area contributed by atoms with E-state index in [1.807, 2.05) is 0 Å². The lowest BCUT2D eigenvalue weighted by Crippen LogP contribution is -2.07. The lowest BCUT2D eigenvalue weighted by atomic mass is 10.0. The summed E-state index contributed by atoms with van der Waals surface area (Å²) < 4.78 is 33.2. The van der Waals surface area contributed by atoms with E-state index in [9.17, 15) is 18.0 Å². The van der Waals surface area contributed by atoms with E-state index >= 15 is 0 Å². The number of carbonyl (C=O) groups excluding carboxylic acids is 2. The van der Waals surface area contributed by atoms with Gasteiger partial charge < -0.3 is 4.74 Å². The van der Waals surface area contributed by atoms with Crippen LogP contribution in [0, 0.1) is 0 Å². The maximum absolute atomic E-state index is 13.2. The number of carbonyl (C=O) groups is 2. The Morgan fingerprint density at radius 1 is 1.03 bits per heavy atom. The number of hydrogen-bond donors (Lipinski definition) is 0. The van der Waals surface area contributed by atoms with Crippen LogP contribution in [0.15, 0.2) is 77.0 Å². The molecule has 0 atom stereocenters. The van der Waals surface area contributed by atoms with E-state index in [-0.39, 0.29) is 39.1 Å². The minimum Gasteiger partial charge on any atom is -0.495 e. The average Bonchev–Trinajstić information content (AvgIpc) is 3.30. The molecule has 8 nitrogen and oxygen atoms in total. The Hall–Kier alpha value is -3.85. The minimum absolute atomic E-state index is 0.0666. The smallest absolute Gasteiger partial charge is 0.233 e. The van der Waals surface area contributed by atoms with Crippen LogP contribution in [0.4, 0.5) is 0 Å². The Balaban J connectivity index is 1.51. The van der Waals surface area contributed by atoms with Crippen LogP contribution < -0.4 is 4.74 Å². The summed E-state index contributed by atoms with van der Waals surface area (Å²) >= 11 is 0. The summed E-state index contributed by atoms with van der Waals surface area (Å²) in [5.74, 6) is 0.379. The lowest BCUT2D eigenvalue weighted by Gasteiger charge is -2.11. The van der Waals surface area contributed by atoms with Crippen LogP contribution in [0.2, 0.25) is 0 Å². The topological polar surface area (TPSA) is 108 Å². The van der Waals surface area contributed by atoms with Gasteiger partial charge in [0.15, 0.2) is 11.6 Å². The number of imidazole rings is 1. The van der Waals surface area contributed by atoms with E-state index in [2.05, 4.69) is 9.97 Å². The zero-order valence-corrected chi connectivity index (χ0v) is 18.9. The number of aryl methyl sites for hydroxylation is 1. The number of nitrogens with zero attached hydrogens (tertiary/aromatic N) is 3. The van der Waals surface area contributed by atoms with Gasteiger partial charge in [-0.2, -0.15) is 0 Å². The number of ketones is 2. The largest absolute Gasteiger partial charge is 0.495 e. The highest BCUT2D eigenvalue weighted by atomic mass is 32.2. The first-order valence-corrected chi connectivity index (χ1v) is 11.6. The third kappa shape index (κ3) is 4.54. The van der Waals surface area contributed by atoms with Crippen molar-refractivity contribution in [1.82, 2.24) is 14.4 Å². The van der Waals surface area contributed by atoms with Crippen molar-refractivity contribution < 1.29 is 22.7 Å². The molecule has 0 spiro atoms. The Morgan fingerprint density at radius 2 is 1.79 bits per heavy atom. The second-order valence-corrected chi connectivity index (χ2v) is 9.39. The van der Waals surface area contributed by atoms with Crippen molar-refractivity contribution >= 4 is 27.2 Å². The van der Waals surface area contributed by atoms with Gasteiger partial charge in [-0.05, 0) is 49.2 Å². The molecule has 0 N–H and O–H groups in total. The quantitative estimate of drug-likeness (QED) is 0.368. The van der Waals surface area contributed by atoms with E-state index in [1.165, 1.54) is 50.6 Å². The fourth-order valence-electron chi connectivity index (χ4n) is 3.43. The third-order valence-corrected chi connectivity index (χ3v) is 7.09. The Morgan fingerprint density at radius 3 is 2.48 bits per heavy atom. The molecule has 4 rings (SSSR count). The molecule has 4 aromatic rings. The van der Waals surface area contributed by atoms with Crippen LogP contribution in [0.25, 0.3) is 5.78 Å². The second-order valence-electron chi connectivity index (χ2n) is 7.47. The van der Waals surface area contributed by atoms with E-state index in [0.717, 1.165) is 5.56 Å². The standard InChI is InChI=1S/C24H21N3O5S/c1-16(28)18-6-10-22(32-2)23(13-18)33(30,31)20-7-3-17(4-8-20)5-9-21(29)19-14-26-24-25-11-12-27(24)15-19/h3-4,6-8,10-15H,5,9H2,1-2H3. The summed E-state index contributed by atoms with van der Waals surface area (Å²) in [4.78, 5) is 32.5. The molecule has 0 radical (unpaired) electrons. The van der Waals surface area contributed by atoms with Gasteiger partial charge in [0, 0.05) is 36.8 Å². The van der Waals surface area contributed by atoms with E-state index in [4.69, 9.17) is 4.74 Å². The summed E-state index contributed by atoms with van der Waals surface area (Å²) in [6.45, 7) is 1.37. The van der Waals surface area contributed by atoms with Gasteiger partial charge in [0.05, 0.1) is 17.6 Å². The molecule has 168 valence electrons. The van der Waals surface area contributed by atoms with Gasteiger partial charge in [0.1, 0.15) is 10.6 Å². The zero-order chi connectivity index (χ0) is 23.6. The van der Waals surface area contributed by atoms with Crippen molar-refractivity contribution in [3.63, 3.8) is 0 Å². The SMILES string of the molecule is COc1ccc(C(C)=O)cc1S(=O)(=O)c1ccc(CCC(=O)c2cnc3nccn3c2)cc1. The highest BCUT2D eigenvalue weighted by Gasteiger charge is 2.23. The highest BCUT2D eigenvalue weighted by Crippen LogP contribution is 2.30. The monoisotopic (exact) mass is 463 g/mol. The molecule has 0 bridgehead atoms. The van der Waals surface area contributed by atoms with Crippen LogP contribution in [0.5, 0.6) is 5.75 Å². The molecule has 9 heteroatoms. The first kappa shape index (κ1) is 22.3. The summed E-state index contributed by atoms with van der Waals surface area (Å²) in [6.07, 6.45) is 7.23. The maximum Gasteiger partial charge on any atom is 0.233 e. The van der Waals surface area contributed by atoms with Gasteiger partial charge in [0.2, 0.25) is 15.6 Å². The molecule has 0 aliphatic heterocycles. The van der Waals surface area contributed by atoms with Crippen LogP contribution in [-0.4, -0.2) is 41.5 Å². The number of fused-ring (bicyclic) bond motifs is 1. The van der Waals surface area contributed by atoms with Gasteiger partial charge in [-0.3, -0.25) is 14.0 Å². The molecule has 0 saturated heterocycles. The van der Waals surface area contributed by atoms with Gasteiger partial charge in [-0.25, -0.2) is 18.4 Å². The first-order chi connectivity index (χ1) is 15.8. The Labute approximate surface area is 190 Å². The number of sulfone groups is 1. The molecular weight excluding hydrogens is 442 g/mol. The lowest BCUT2D eigenvalue weighted by molar-refractivity contribution is 0.0980. The summed E-state index contributed by atoms with van der Waals surface area (Å²) in [6, 6.07) is 10.7. The Kier molecular flexibility index (Phi) is 6.06. The van der Waals surface area contributed by atoms with Gasteiger partial charge >= 0.3 is 0 Å². The highest BCUT2D eigenvalue weighted by molar-refractivity contribution is 7.91. The van der Waals surface area contributed by atoms with Crippen LogP contribution in [-0.2, 0) is 16.3 Å². The summed E-state index contributed by atoms with van der Waals surface area (Å²) in [5, 5.41) is 0. The fourth-order valence-corrected chi connectivity index (χ4v) is 4.88. The number of aromatic nitrogens is 3. The number of benzene rings is 2. The van der Waals surface area contributed by atoms with Crippen molar-refractivity contribution in [3.05, 3.63) is 83.9 Å². The molecule has 2 heterocycles. The third-order valence-electron chi connectivity index (χ3n) is 5.30. The molecule has 0 saturated carbocycles. The number of Topliss-reactive ketones (excluding diaryl/α,β-unsaturated/α-hetero) is 2. The second kappa shape index (κ2) is 8.95. The number of rotatable bonds is 8. The minimum atomic E-state index is -3.91. The molecule has 2 aromatic carbocycles. The van der Waals surface area contributed by atoms with Crippen molar-refractivity contribution in [2.45, 2.75) is 29.6 Å². The maximum atomic E-state index is 13.2. The Bertz CT molecular complexity index is 1460. The van der Waals surface area contributed by atoms with E-state index < -0.39 is 9.84 Å². The molecule has 0 fully saturated rings. The molecule has 33 heavy (non-hydrogen) atoms. The van der Waals surface area contributed by atoms with Crippen LogP contribution in [0.1, 0.15) is 39.6 Å². The normalized spacial score (nSPS) is 11.5. The first-order valence-electron chi connectivity index (χ1n) is 10.1. The van der Waals surface area contributed by atoms with E-state index in [1.54, 1.807) is 35.1 Å². The van der Waals surface area contributed by atoms with Crippen LogP contribution in [0.3, 0.4) is 0 Å². The van der Waals surface area contributed by atoms with Crippen molar-refractivity contribution in [3.8, 4) is 5.75 Å². The van der Waals surface area contributed by atoms with Gasteiger partial charge in [-0.15, -0.1) is 0 Å². The molecule has 0 amide bonds. The number of hydrogen-bond acceptors (Lipinski definition) is 7. The molecule has 0 aliphatic rings. The van der Waals surface area contributed by atoms with Crippen molar-refractivity contribution in [1.29, 1.82) is 0 Å². The van der Waals surface area contributed by atoms with E-state index in [0.29, 0.717) is 17.8 Å².